The molecule has 0 saturated carbocycles. The molecule has 0 aliphatic carbocycles. The molecule has 0 radical (unpaired) electrons. The zero-order valence-corrected chi connectivity index (χ0v) is 10.5. The Morgan fingerprint density at radius 2 is 2.10 bits per heavy atom. The first-order chi connectivity index (χ1) is 4.54. The van der Waals surface area contributed by atoms with Gasteiger partial charge in [0.25, 0.3) is 0 Å². The third-order valence-electron chi connectivity index (χ3n) is 1.49. The van der Waals surface area contributed by atoms with Crippen molar-refractivity contribution in [2.45, 2.75) is 28.1 Å². The number of hydrogen-bond acceptors (Lipinski definition) is 1. The van der Waals surface area contributed by atoms with Crippen LogP contribution >= 0.6 is 45.2 Å². The van der Waals surface area contributed by atoms with Crippen molar-refractivity contribution in [3.8, 4) is 6.07 Å². The van der Waals surface area contributed by atoms with E-state index in [1.165, 1.54) is 0 Å². The molecule has 0 saturated heterocycles. The molecule has 0 fully saturated rings. The second-order valence-corrected chi connectivity index (χ2v) is 7.89. The Hall–Kier alpha value is 0.950. The summed E-state index contributed by atoms with van der Waals surface area (Å²) in [5, 5.41) is 8.73. The number of hydrogen-bond donors (Lipinski definition) is 0. The van der Waals surface area contributed by atoms with Gasteiger partial charge in [-0.05, 0) is 12.3 Å². The van der Waals surface area contributed by atoms with E-state index < -0.39 is 0 Å². The molecule has 1 nitrogen and oxygen atoms in total. The van der Waals surface area contributed by atoms with Crippen molar-refractivity contribution in [1.29, 1.82) is 5.26 Å². The topological polar surface area (TPSA) is 23.8 Å². The van der Waals surface area contributed by atoms with Crippen molar-refractivity contribution in [3.63, 3.8) is 0 Å². The van der Waals surface area contributed by atoms with E-state index in [2.05, 4.69) is 65.1 Å². The first kappa shape index (κ1) is 11.0. The molecule has 0 aliphatic rings. The molecule has 58 valence electrons. The van der Waals surface area contributed by atoms with Gasteiger partial charge in [-0.15, -0.1) is 0 Å². The SMILES string of the molecule is CCCC(C)C(I)(I)C#N. The fraction of sp³-hybridized carbons (Fsp3) is 0.857. The van der Waals surface area contributed by atoms with Gasteiger partial charge in [0, 0.05) is 0 Å². The summed E-state index contributed by atoms with van der Waals surface area (Å²) in [6, 6.07) is 2.30. The second kappa shape index (κ2) is 4.75. The van der Waals surface area contributed by atoms with E-state index in [0.717, 1.165) is 12.8 Å². The summed E-state index contributed by atoms with van der Waals surface area (Å²) in [6.07, 6.45) is 2.30. The molecule has 0 aliphatic heterocycles. The lowest BCUT2D eigenvalue weighted by Gasteiger charge is -2.19. The van der Waals surface area contributed by atoms with Crippen molar-refractivity contribution in [2.24, 2.45) is 5.92 Å². The Morgan fingerprint density at radius 1 is 1.60 bits per heavy atom. The Balaban J connectivity index is 3.94. The van der Waals surface area contributed by atoms with Crippen LogP contribution in [0.3, 0.4) is 0 Å². The second-order valence-electron chi connectivity index (χ2n) is 2.42. The van der Waals surface area contributed by atoms with Crippen LogP contribution in [0.15, 0.2) is 0 Å². The third kappa shape index (κ3) is 3.37. The summed E-state index contributed by atoms with van der Waals surface area (Å²) in [7, 11) is 0. The highest BCUT2D eigenvalue weighted by Gasteiger charge is 2.28. The number of nitriles is 1. The van der Waals surface area contributed by atoms with Gasteiger partial charge >= 0.3 is 0 Å². The quantitative estimate of drug-likeness (QED) is 0.556. The van der Waals surface area contributed by atoms with Gasteiger partial charge in [0.15, 0.2) is 1.43 Å². The maximum atomic E-state index is 8.73. The van der Waals surface area contributed by atoms with Crippen molar-refractivity contribution in [3.05, 3.63) is 0 Å². The average Bonchev–Trinajstić information content (AvgIpc) is 1.89. The van der Waals surface area contributed by atoms with Gasteiger partial charge in [-0.2, -0.15) is 5.26 Å². The van der Waals surface area contributed by atoms with Gasteiger partial charge in [-0.3, -0.25) is 0 Å². The molecule has 0 aromatic heterocycles. The van der Waals surface area contributed by atoms with E-state index in [4.69, 9.17) is 5.26 Å². The van der Waals surface area contributed by atoms with Crippen LogP contribution in [0.2, 0.25) is 0 Å². The summed E-state index contributed by atoms with van der Waals surface area (Å²) in [4.78, 5) is 0. The van der Waals surface area contributed by atoms with Crippen LogP contribution in [-0.2, 0) is 0 Å². The van der Waals surface area contributed by atoms with Crippen LogP contribution in [0.25, 0.3) is 0 Å². The van der Waals surface area contributed by atoms with E-state index in [0.29, 0.717) is 5.92 Å². The predicted molar refractivity (Wildman–Crippen MR) is 60.5 cm³/mol. The van der Waals surface area contributed by atoms with Gasteiger partial charge < -0.3 is 0 Å². The van der Waals surface area contributed by atoms with E-state index in [1.807, 2.05) is 0 Å². The molecule has 0 bridgehead atoms. The average molecular weight is 363 g/mol. The van der Waals surface area contributed by atoms with E-state index in [-0.39, 0.29) is 1.43 Å². The summed E-state index contributed by atoms with van der Waals surface area (Å²) in [5.41, 5.74) is 0. The van der Waals surface area contributed by atoms with Crippen molar-refractivity contribution in [2.75, 3.05) is 0 Å². The first-order valence-electron chi connectivity index (χ1n) is 3.33. The maximum Gasteiger partial charge on any atom is 0.161 e. The minimum Gasteiger partial charge on any atom is -0.196 e. The van der Waals surface area contributed by atoms with Gasteiger partial charge in [0.2, 0.25) is 0 Å². The zero-order valence-electron chi connectivity index (χ0n) is 6.19. The highest BCUT2D eigenvalue weighted by Crippen LogP contribution is 2.37. The number of alkyl halides is 2. The fourth-order valence-electron chi connectivity index (χ4n) is 0.724. The maximum absolute atomic E-state index is 8.73. The number of nitrogens with zero attached hydrogens (tertiary/aromatic N) is 1. The van der Waals surface area contributed by atoms with Crippen LogP contribution < -0.4 is 0 Å². The fourth-order valence-corrected chi connectivity index (χ4v) is 1.35. The monoisotopic (exact) mass is 363 g/mol. The largest absolute Gasteiger partial charge is 0.196 e. The Morgan fingerprint density at radius 3 is 2.40 bits per heavy atom. The lowest BCUT2D eigenvalue weighted by atomic mass is 10.0. The van der Waals surface area contributed by atoms with E-state index >= 15 is 0 Å². The molecule has 1 unspecified atom stereocenters. The van der Waals surface area contributed by atoms with Gasteiger partial charge in [0.1, 0.15) is 0 Å². The Labute approximate surface area is 89.8 Å². The van der Waals surface area contributed by atoms with Gasteiger partial charge in [-0.25, -0.2) is 0 Å². The van der Waals surface area contributed by atoms with Crippen LogP contribution in [0.4, 0.5) is 0 Å². The highest BCUT2D eigenvalue weighted by atomic mass is 127. The summed E-state index contributed by atoms with van der Waals surface area (Å²) < 4.78 is -0.203. The minimum atomic E-state index is -0.203. The Bertz CT molecular complexity index is 137. The lowest BCUT2D eigenvalue weighted by Crippen LogP contribution is -2.18. The molecule has 0 aromatic carbocycles. The van der Waals surface area contributed by atoms with E-state index in [1.54, 1.807) is 0 Å². The molecular formula is C7H11I2N. The van der Waals surface area contributed by atoms with Crippen molar-refractivity contribution in [1.82, 2.24) is 0 Å². The van der Waals surface area contributed by atoms with Gasteiger partial charge in [-0.1, -0.05) is 65.5 Å². The van der Waals surface area contributed by atoms with Crippen LogP contribution in [-0.4, -0.2) is 1.43 Å². The molecule has 0 heterocycles. The summed E-state index contributed by atoms with van der Waals surface area (Å²) in [6.45, 7) is 4.28. The standard InChI is InChI=1S/C7H11I2N/c1-3-4-6(2)7(8,9)5-10/h6H,3-4H2,1-2H3. The van der Waals surface area contributed by atoms with E-state index in [9.17, 15) is 0 Å². The molecule has 10 heavy (non-hydrogen) atoms. The molecule has 0 N–H and O–H groups in total. The number of rotatable bonds is 3. The normalized spacial score (nSPS) is 14.3. The Kier molecular flexibility index (Phi) is 5.20. The van der Waals surface area contributed by atoms with Crippen molar-refractivity contribution >= 4 is 45.2 Å². The van der Waals surface area contributed by atoms with Crippen LogP contribution in [0.1, 0.15) is 26.7 Å². The van der Waals surface area contributed by atoms with Gasteiger partial charge in [0.05, 0.1) is 6.07 Å². The molecule has 0 amide bonds. The molecule has 0 aromatic rings. The zero-order chi connectivity index (χ0) is 8.20. The summed E-state index contributed by atoms with van der Waals surface area (Å²) >= 11 is 4.43. The molecular weight excluding hydrogens is 352 g/mol. The summed E-state index contributed by atoms with van der Waals surface area (Å²) in [5.74, 6) is 0.490. The van der Waals surface area contributed by atoms with Crippen LogP contribution in [0.5, 0.6) is 0 Å². The molecule has 0 rings (SSSR count). The molecule has 0 spiro atoms. The van der Waals surface area contributed by atoms with Crippen molar-refractivity contribution < 1.29 is 0 Å². The molecule has 3 heteroatoms. The smallest absolute Gasteiger partial charge is 0.161 e. The lowest BCUT2D eigenvalue weighted by molar-refractivity contribution is 0.547. The molecule has 1 atom stereocenters. The first-order valence-corrected chi connectivity index (χ1v) is 5.49. The highest BCUT2D eigenvalue weighted by molar-refractivity contribution is 14.2. The number of halogens is 2. The minimum absolute atomic E-state index is 0.203. The predicted octanol–water partition coefficient (Wildman–Crippen LogP) is 3.51. The third-order valence-corrected chi connectivity index (χ3v) is 4.10. The van der Waals surface area contributed by atoms with Crippen LogP contribution in [0, 0.1) is 17.2 Å².